The molecule has 0 aliphatic carbocycles. The van der Waals surface area contributed by atoms with Crippen molar-refractivity contribution in [3.05, 3.63) is 18.2 Å². The molecule has 1 saturated heterocycles. The van der Waals surface area contributed by atoms with Crippen LogP contribution in [-0.2, 0) is 4.79 Å². The molecule has 3 rings (SSSR count). The minimum atomic E-state index is -0.486. The van der Waals surface area contributed by atoms with Crippen molar-refractivity contribution in [2.24, 2.45) is 0 Å². The lowest BCUT2D eigenvalue weighted by molar-refractivity contribution is -0.126. The first kappa shape index (κ1) is 18.1. The van der Waals surface area contributed by atoms with Gasteiger partial charge in [-0.25, -0.2) is 9.78 Å². The molecule has 1 aliphatic rings. The van der Waals surface area contributed by atoms with Crippen molar-refractivity contribution in [3.63, 3.8) is 0 Å². The number of H-pyrrole nitrogens is 1. The van der Waals surface area contributed by atoms with Crippen LogP contribution in [0.4, 0.5) is 4.79 Å². The minimum Gasteiger partial charge on any atom is -0.497 e. The van der Waals surface area contributed by atoms with E-state index in [0.29, 0.717) is 35.6 Å². The number of carbonyl (C=O) groups is 2. The van der Waals surface area contributed by atoms with Crippen LogP contribution in [0, 0.1) is 0 Å². The van der Waals surface area contributed by atoms with E-state index >= 15 is 0 Å². The van der Waals surface area contributed by atoms with Crippen LogP contribution in [0.2, 0.25) is 0 Å². The highest BCUT2D eigenvalue weighted by molar-refractivity contribution is 8.00. The molecular formula is C16H19N5O4S. The largest absolute Gasteiger partial charge is 0.497 e. The van der Waals surface area contributed by atoms with Gasteiger partial charge in [-0.2, -0.15) is 0 Å². The molecule has 2 heterocycles. The van der Waals surface area contributed by atoms with E-state index in [1.54, 1.807) is 33.3 Å². The van der Waals surface area contributed by atoms with Gasteiger partial charge in [0.25, 0.3) is 0 Å². The molecule has 1 fully saturated rings. The van der Waals surface area contributed by atoms with Crippen molar-refractivity contribution in [3.8, 4) is 22.9 Å². The van der Waals surface area contributed by atoms with Crippen LogP contribution in [0.5, 0.6) is 11.5 Å². The summed E-state index contributed by atoms with van der Waals surface area (Å²) in [5.74, 6) is 1.52. The second kappa shape index (κ2) is 7.65. The second-order valence-corrected chi connectivity index (χ2v) is 6.82. The van der Waals surface area contributed by atoms with Crippen molar-refractivity contribution in [1.82, 2.24) is 25.4 Å². The van der Waals surface area contributed by atoms with Crippen molar-refractivity contribution < 1.29 is 19.1 Å². The Morgan fingerprint density at radius 3 is 2.81 bits per heavy atom. The normalized spacial score (nSPS) is 14.9. The number of hydrogen-bond donors (Lipinski definition) is 2. The number of thioether (sulfide) groups is 1. The minimum absolute atomic E-state index is 0.265. The maximum absolute atomic E-state index is 12.4. The van der Waals surface area contributed by atoms with E-state index in [9.17, 15) is 9.59 Å². The Balaban J connectivity index is 1.74. The summed E-state index contributed by atoms with van der Waals surface area (Å²) < 4.78 is 10.6. The van der Waals surface area contributed by atoms with Gasteiger partial charge in [0.1, 0.15) is 11.5 Å². The average molecular weight is 377 g/mol. The van der Waals surface area contributed by atoms with E-state index in [2.05, 4.69) is 20.5 Å². The number of carbonyl (C=O) groups excluding carboxylic acids is 2. The number of nitrogens with zero attached hydrogens (tertiary/aromatic N) is 3. The van der Waals surface area contributed by atoms with Gasteiger partial charge in [0, 0.05) is 19.2 Å². The summed E-state index contributed by atoms with van der Waals surface area (Å²) in [6.07, 6.45) is 0. The number of amides is 3. The van der Waals surface area contributed by atoms with Crippen LogP contribution in [0.3, 0.4) is 0 Å². The lowest BCUT2D eigenvalue weighted by Crippen LogP contribution is -2.38. The fraction of sp³-hybridized carbons (Fsp3) is 0.375. The third kappa shape index (κ3) is 3.59. The van der Waals surface area contributed by atoms with Crippen LogP contribution < -0.4 is 14.8 Å². The smallest absolute Gasteiger partial charge is 0.324 e. The van der Waals surface area contributed by atoms with Gasteiger partial charge in [-0.15, -0.1) is 5.10 Å². The summed E-state index contributed by atoms with van der Waals surface area (Å²) in [4.78, 5) is 29.6. The standard InChI is InChI=1S/C16H19N5O4S/c1-9(14(22)21-7-6-17-16(21)23)26-15-18-13(19-20-15)11-5-4-10(24-2)8-12(11)25-3/h4-5,8-9H,6-7H2,1-3H3,(H,17,23)(H,18,19,20)/t9-/m1/s1. The number of benzene rings is 1. The van der Waals surface area contributed by atoms with Gasteiger partial charge < -0.3 is 14.8 Å². The number of methoxy groups -OCH3 is 2. The second-order valence-electron chi connectivity index (χ2n) is 5.51. The summed E-state index contributed by atoms with van der Waals surface area (Å²) >= 11 is 1.19. The lowest BCUT2D eigenvalue weighted by Gasteiger charge is -2.15. The van der Waals surface area contributed by atoms with Crippen LogP contribution in [-0.4, -0.2) is 64.6 Å². The zero-order chi connectivity index (χ0) is 18.7. The predicted molar refractivity (Wildman–Crippen MR) is 95.4 cm³/mol. The SMILES string of the molecule is COc1ccc(-c2nc(S[C@H](C)C(=O)N3CCNC3=O)n[nH]2)c(OC)c1. The molecular weight excluding hydrogens is 358 g/mol. The fourth-order valence-corrected chi connectivity index (χ4v) is 3.31. The highest BCUT2D eigenvalue weighted by atomic mass is 32.2. The molecule has 0 saturated carbocycles. The molecule has 1 aromatic carbocycles. The summed E-state index contributed by atoms with van der Waals surface area (Å²) in [5.41, 5.74) is 0.727. The zero-order valence-corrected chi connectivity index (χ0v) is 15.4. The molecule has 3 amide bonds. The molecule has 0 unspecified atom stereocenters. The third-order valence-electron chi connectivity index (χ3n) is 3.88. The Hall–Kier alpha value is -2.75. The average Bonchev–Trinajstić information content (AvgIpc) is 3.29. The van der Waals surface area contributed by atoms with Gasteiger partial charge in [-0.3, -0.25) is 14.8 Å². The van der Waals surface area contributed by atoms with Gasteiger partial charge in [0.15, 0.2) is 5.82 Å². The highest BCUT2D eigenvalue weighted by Gasteiger charge is 2.30. The fourth-order valence-electron chi connectivity index (χ4n) is 2.52. The zero-order valence-electron chi connectivity index (χ0n) is 14.6. The van der Waals surface area contributed by atoms with E-state index in [-0.39, 0.29) is 11.9 Å². The van der Waals surface area contributed by atoms with Crippen LogP contribution in [0.1, 0.15) is 6.92 Å². The van der Waals surface area contributed by atoms with E-state index in [1.165, 1.54) is 16.7 Å². The van der Waals surface area contributed by atoms with Gasteiger partial charge >= 0.3 is 6.03 Å². The van der Waals surface area contributed by atoms with Crippen molar-refractivity contribution >= 4 is 23.7 Å². The van der Waals surface area contributed by atoms with E-state index in [0.717, 1.165) is 5.56 Å². The van der Waals surface area contributed by atoms with Crippen molar-refractivity contribution in [2.45, 2.75) is 17.3 Å². The quantitative estimate of drug-likeness (QED) is 0.735. The van der Waals surface area contributed by atoms with Crippen LogP contribution >= 0.6 is 11.8 Å². The third-order valence-corrected chi connectivity index (χ3v) is 4.83. The maximum Gasteiger partial charge on any atom is 0.324 e. The summed E-state index contributed by atoms with van der Waals surface area (Å²) in [7, 11) is 3.14. The number of imide groups is 1. The summed E-state index contributed by atoms with van der Waals surface area (Å²) in [5, 5.41) is 9.54. The van der Waals surface area contributed by atoms with Crippen LogP contribution in [0.25, 0.3) is 11.4 Å². The Labute approximate surface area is 154 Å². The first-order valence-corrected chi connectivity index (χ1v) is 8.82. The Bertz CT molecular complexity index is 825. The number of urea groups is 1. The van der Waals surface area contributed by atoms with Gasteiger partial charge in [0.2, 0.25) is 11.1 Å². The molecule has 9 nitrogen and oxygen atoms in total. The number of rotatable bonds is 6. The molecule has 1 aromatic heterocycles. The molecule has 0 spiro atoms. The summed E-state index contributed by atoms with van der Waals surface area (Å²) in [6, 6.07) is 5.00. The van der Waals surface area contributed by atoms with Gasteiger partial charge in [-0.1, -0.05) is 11.8 Å². The number of aromatic amines is 1. The van der Waals surface area contributed by atoms with Crippen molar-refractivity contribution in [1.29, 1.82) is 0 Å². The molecule has 0 bridgehead atoms. The molecule has 2 aromatic rings. The molecule has 1 atom stereocenters. The first-order chi connectivity index (χ1) is 12.5. The number of nitrogens with one attached hydrogen (secondary N) is 2. The van der Waals surface area contributed by atoms with Crippen LogP contribution in [0.15, 0.2) is 23.4 Å². The summed E-state index contributed by atoms with van der Waals surface area (Å²) in [6.45, 7) is 2.58. The molecule has 1 aliphatic heterocycles. The molecule has 2 N–H and O–H groups in total. The molecule has 10 heteroatoms. The Morgan fingerprint density at radius 1 is 1.35 bits per heavy atom. The van der Waals surface area contributed by atoms with Gasteiger partial charge in [-0.05, 0) is 19.1 Å². The number of hydrogen-bond acceptors (Lipinski definition) is 7. The Kier molecular flexibility index (Phi) is 5.31. The number of aromatic nitrogens is 3. The van der Waals surface area contributed by atoms with Gasteiger partial charge in [0.05, 0.1) is 25.0 Å². The van der Waals surface area contributed by atoms with E-state index in [1.807, 2.05) is 6.07 Å². The predicted octanol–water partition coefficient (Wildman–Crippen LogP) is 1.52. The van der Waals surface area contributed by atoms with Crippen molar-refractivity contribution in [2.75, 3.05) is 27.3 Å². The monoisotopic (exact) mass is 377 g/mol. The topological polar surface area (TPSA) is 109 Å². The first-order valence-electron chi connectivity index (χ1n) is 7.94. The molecule has 26 heavy (non-hydrogen) atoms. The Morgan fingerprint density at radius 2 is 2.15 bits per heavy atom. The van der Waals surface area contributed by atoms with E-state index in [4.69, 9.17) is 9.47 Å². The lowest BCUT2D eigenvalue weighted by atomic mass is 10.2. The molecule has 138 valence electrons. The molecule has 0 radical (unpaired) electrons. The maximum atomic E-state index is 12.4. The van der Waals surface area contributed by atoms with E-state index < -0.39 is 5.25 Å². The number of ether oxygens (including phenoxy) is 2. The highest BCUT2D eigenvalue weighted by Crippen LogP contribution is 2.32.